The summed E-state index contributed by atoms with van der Waals surface area (Å²) < 4.78 is 0. The Morgan fingerprint density at radius 3 is 1.26 bits per heavy atom. The van der Waals surface area contributed by atoms with Gasteiger partial charge >= 0.3 is 0 Å². The van der Waals surface area contributed by atoms with Crippen molar-refractivity contribution in [3.63, 3.8) is 0 Å². The van der Waals surface area contributed by atoms with E-state index in [-0.39, 0.29) is 22.3 Å². The van der Waals surface area contributed by atoms with Crippen LogP contribution in [-0.2, 0) is 12.8 Å². The van der Waals surface area contributed by atoms with Crippen molar-refractivity contribution in [1.82, 2.24) is 0 Å². The summed E-state index contributed by atoms with van der Waals surface area (Å²) in [5.74, 6) is 0.437. The molecule has 0 aliphatic rings. The first-order chi connectivity index (χ1) is 15.9. The topological polar surface area (TPSA) is 65.2 Å². The zero-order valence-corrected chi connectivity index (χ0v) is 21.1. The van der Waals surface area contributed by atoms with E-state index in [1.807, 2.05) is 48.5 Å². The van der Waals surface area contributed by atoms with E-state index in [1.54, 1.807) is 24.6 Å². The van der Waals surface area contributed by atoms with E-state index < -0.39 is 0 Å². The first kappa shape index (κ1) is 25.2. The molecule has 0 saturated carbocycles. The molecule has 0 radical (unpaired) electrons. The van der Waals surface area contributed by atoms with Crippen LogP contribution in [-0.4, -0.2) is 22.6 Å². The number of phenols is 2. The minimum Gasteiger partial charge on any atom is -0.507 e. The molecular weight excluding hydrogens is 420 g/mol. The van der Waals surface area contributed by atoms with Crippen LogP contribution in [0.5, 0.6) is 11.5 Å². The fourth-order valence-corrected chi connectivity index (χ4v) is 3.77. The smallest absolute Gasteiger partial charge is 0.124 e. The monoisotopic (exact) mass is 456 g/mol. The molecule has 3 rings (SSSR count). The van der Waals surface area contributed by atoms with E-state index in [9.17, 15) is 10.2 Å². The molecule has 0 fully saturated rings. The fraction of sp³-hybridized carbons (Fsp3) is 0.333. The minimum absolute atomic E-state index is 0.173. The van der Waals surface area contributed by atoms with Crippen LogP contribution in [0, 0.1) is 10.8 Å². The van der Waals surface area contributed by atoms with E-state index in [0.717, 1.165) is 24.2 Å². The lowest BCUT2D eigenvalue weighted by Gasteiger charge is -2.18. The highest BCUT2D eigenvalue weighted by atomic mass is 16.3. The van der Waals surface area contributed by atoms with E-state index in [0.29, 0.717) is 11.1 Å². The van der Waals surface area contributed by atoms with Crippen molar-refractivity contribution >= 4 is 23.8 Å². The number of phenolic OH excluding ortho intramolecular Hbond substituents is 2. The number of nitrogens with zero attached hydrogens (tertiary/aromatic N) is 2. The van der Waals surface area contributed by atoms with E-state index in [2.05, 4.69) is 51.5 Å². The summed E-state index contributed by atoms with van der Waals surface area (Å²) in [6.45, 7) is 13.2. The molecule has 0 saturated heterocycles. The van der Waals surface area contributed by atoms with Gasteiger partial charge in [-0.1, -0.05) is 53.7 Å². The van der Waals surface area contributed by atoms with Gasteiger partial charge in [-0.3, -0.25) is 9.98 Å². The molecule has 0 bridgehead atoms. The highest BCUT2D eigenvalue weighted by molar-refractivity contribution is 5.86. The van der Waals surface area contributed by atoms with Crippen molar-refractivity contribution in [3.8, 4) is 11.5 Å². The molecular formula is C30H36N2O2. The Balaban J connectivity index is 1.72. The van der Waals surface area contributed by atoms with E-state index >= 15 is 0 Å². The molecule has 4 heteroatoms. The fourth-order valence-electron chi connectivity index (χ4n) is 3.77. The van der Waals surface area contributed by atoms with Crippen molar-refractivity contribution < 1.29 is 10.2 Å². The normalized spacial score (nSPS) is 12.6. The highest BCUT2D eigenvalue weighted by Gasteiger charge is 2.13. The number of hydrogen-bond donors (Lipinski definition) is 2. The van der Waals surface area contributed by atoms with Crippen LogP contribution in [0.4, 0.5) is 11.4 Å². The summed E-state index contributed by atoms with van der Waals surface area (Å²) in [6.07, 6.45) is 5.24. The predicted octanol–water partition coefficient (Wildman–Crippen LogP) is 7.78. The molecule has 0 amide bonds. The van der Waals surface area contributed by atoms with Gasteiger partial charge in [0.2, 0.25) is 0 Å². The Kier molecular flexibility index (Phi) is 7.61. The van der Waals surface area contributed by atoms with Gasteiger partial charge in [0.25, 0.3) is 0 Å². The molecule has 3 aromatic carbocycles. The highest BCUT2D eigenvalue weighted by Crippen LogP contribution is 2.27. The molecule has 34 heavy (non-hydrogen) atoms. The Hall–Kier alpha value is -3.40. The van der Waals surface area contributed by atoms with Crippen LogP contribution in [0.25, 0.3) is 0 Å². The molecule has 0 heterocycles. The van der Waals surface area contributed by atoms with Crippen LogP contribution < -0.4 is 0 Å². The number of rotatable bonds is 6. The first-order valence-electron chi connectivity index (χ1n) is 11.7. The van der Waals surface area contributed by atoms with Crippen molar-refractivity contribution in [2.75, 3.05) is 0 Å². The second kappa shape index (κ2) is 10.3. The SMILES string of the molecule is CC(C)(C)Cc1ccc(O)c(C=Nc2ccc(N=Cc3cc(CC(C)(C)C)ccc3O)cc2)c1. The standard InChI is InChI=1S/C30H36N2O2/c1-29(2,3)17-21-7-13-27(33)23(15-21)19-31-25-9-11-26(12-10-25)32-20-24-16-22(8-14-28(24)34)18-30(4,5)6/h7-16,19-20,33-34H,17-18H2,1-6H3. The molecule has 178 valence electrons. The van der Waals surface area contributed by atoms with Gasteiger partial charge in [-0.25, -0.2) is 0 Å². The summed E-state index contributed by atoms with van der Waals surface area (Å²) >= 11 is 0. The second-order valence-electron chi connectivity index (χ2n) is 11.3. The molecule has 4 nitrogen and oxygen atoms in total. The summed E-state index contributed by atoms with van der Waals surface area (Å²) in [5.41, 5.74) is 5.64. The predicted molar refractivity (Wildman–Crippen MR) is 143 cm³/mol. The van der Waals surface area contributed by atoms with E-state index in [4.69, 9.17) is 0 Å². The van der Waals surface area contributed by atoms with Crippen LogP contribution in [0.15, 0.2) is 70.6 Å². The van der Waals surface area contributed by atoms with Crippen molar-refractivity contribution in [2.45, 2.75) is 54.4 Å². The van der Waals surface area contributed by atoms with Gasteiger partial charge in [0, 0.05) is 23.6 Å². The lowest BCUT2D eigenvalue weighted by atomic mass is 9.87. The number of benzene rings is 3. The van der Waals surface area contributed by atoms with Gasteiger partial charge in [-0.15, -0.1) is 0 Å². The van der Waals surface area contributed by atoms with Gasteiger partial charge in [-0.2, -0.15) is 0 Å². The lowest BCUT2D eigenvalue weighted by molar-refractivity contribution is 0.410. The van der Waals surface area contributed by atoms with Gasteiger partial charge in [-0.05, 0) is 83.3 Å². The van der Waals surface area contributed by atoms with Crippen LogP contribution in [0.1, 0.15) is 63.8 Å². The average Bonchev–Trinajstić information content (AvgIpc) is 2.73. The summed E-state index contributed by atoms with van der Waals surface area (Å²) in [4.78, 5) is 9.03. The summed E-state index contributed by atoms with van der Waals surface area (Å²) in [7, 11) is 0. The molecule has 0 atom stereocenters. The zero-order chi connectivity index (χ0) is 24.9. The number of hydrogen-bond acceptors (Lipinski definition) is 4. The molecule has 0 aliphatic heterocycles. The largest absolute Gasteiger partial charge is 0.507 e. The van der Waals surface area contributed by atoms with Gasteiger partial charge in [0.15, 0.2) is 0 Å². The molecule has 0 unspecified atom stereocenters. The molecule has 0 aromatic heterocycles. The maximum Gasteiger partial charge on any atom is 0.124 e. The molecule has 0 spiro atoms. The third-order valence-electron chi connectivity index (χ3n) is 5.21. The molecule has 3 aromatic rings. The van der Waals surface area contributed by atoms with Crippen molar-refractivity contribution in [1.29, 1.82) is 0 Å². The van der Waals surface area contributed by atoms with Gasteiger partial charge < -0.3 is 10.2 Å². The third-order valence-corrected chi connectivity index (χ3v) is 5.21. The Morgan fingerprint density at radius 2 is 0.941 bits per heavy atom. The first-order valence-corrected chi connectivity index (χ1v) is 11.7. The summed E-state index contributed by atoms with van der Waals surface area (Å²) in [6, 6.07) is 18.9. The number of aliphatic imine (C=N–C) groups is 2. The van der Waals surface area contributed by atoms with Crippen LogP contribution >= 0.6 is 0 Å². The summed E-state index contributed by atoms with van der Waals surface area (Å²) in [5, 5.41) is 20.4. The number of aromatic hydroxyl groups is 2. The average molecular weight is 457 g/mol. The van der Waals surface area contributed by atoms with Crippen molar-refractivity contribution in [3.05, 3.63) is 82.9 Å². The zero-order valence-electron chi connectivity index (χ0n) is 21.1. The Bertz CT molecular complexity index is 1080. The Morgan fingerprint density at radius 1 is 0.588 bits per heavy atom. The quantitative estimate of drug-likeness (QED) is 0.372. The third kappa shape index (κ3) is 7.87. The lowest BCUT2D eigenvalue weighted by Crippen LogP contribution is -2.09. The van der Waals surface area contributed by atoms with Gasteiger partial charge in [0.1, 0.15) is 11.5 Å². The maximum absolute atomic E-state index is 10.2. The molecule has 2 N–H and O–H groups in total. The molecule has 0 aliphatic carbocycles. The minimum atomic E-state index is 0.173. The Labute approximate surface area is 203 Å². The maximum atomic E-state index is 10.2. The van der Waals surface area contributed by atoms with Crippen molar-refractivity contribution in [2.24, 2.45) is 20.8 Å². The van der Waals surface area contributed by atoms with Crippen LogP contribution in [0.2, 0.25) is 0 Å². The van der Waals surface area contributed by atoms with Crippen LogP contribution in [0.3, 0.4) is 0 Å². The van der Waals surface area contributed by atoms with E-state index in [1.165, 1.54) is 11.1 Å². The second-order valence-corrected chi connectivity index (χ2v) is 11.3. The van der Waals surface area contributed by atoms with Gasteiger partial charge in [0.05, 0.1) is 11.4 Å².